The fourth-order valence-electron chi connectivity index (χ4n) is 6.17. The number of carbonyl (C=O) groups is 2. The monoisotopic (exact) mass is 601 g/mol. The lowest BCUT2D eigenvalue weighted by Gasteiger charge is -2.41. The van der Waals surface area contributed by atoms with Gasteiger partial charge in [-0.3, -0.25) is 9.59 Å². The zero-order valence-corrected chi connectivity index (χ0v) is 25.8. The van der Waals surface area contributed by atoms with Gasteiger partial charge in [0.2, 0.25) is 0 Å². The summed E-state index contributed by atoms with van der Waals surface area (Å²) >= 11 is 6.20. The number of hydrogen-bond donors (Lipinski definition) is 2. The molecule has 1 amide bonds. The van der Waals surface area contributed by atoms with E-state index in [1.165, 1.54) is 0 Å². The molecule has 1 aliphatic heterocycles. The van der Waals surface area contributed by atoms with Crippen LogP contribution < -0.4 is 5.32 Å². The molecule has 8 heteroatoms. The number of carboxylic acid groups (broad SMARTS) is 1. The molecule has 2 fully saturated rings. The largest absolute Gasteiger partial charge is 0.481 e. The number of carboxylic acids is 1. The first kappa shape index (κ1) is 30.6. The number of rotatable bonds is 8. The maximum Gasteiger partial charge on any atom is 0.305 e. The topological polar surface area (TPSA) is 91.2 Å². The number of nitrogens with zero attached hydrogens (tertiary/aromatic N) is 2. The second-order valence-corrected chi connectivity index (χ2v) is 13.0. The van der Waals surface area contributed by atoms with Gasteiger partial charge >= 0.3 is 5.97 Å². The van der Waals surface area contributed by atoms with Crippen LogP contribution in [0.1, 0.15) is 74.8 Å². The Bertz CT molecular complexity index is 1460. The molecule has 1 saturated heterocycles. The van der Waals surface area contributed by atoms with Gasteiger partial charge in [0.1, 0.15) is 6.61 Å². The van der Waals surface area contributed by atoms with Crippen molar-refractivity contribution in [3.63, 3.8) is 0 Å². The highest BCUT2D eigenvalue weighted by Gasteiger charge is 2.40. The van der Waals surface area contributed by atoms with E-state index in [4.69, 9.17) is 26.4 Å². The second-order valence-electron chi connectivity index (χ2n) is 12.6. The van der Waals surface area contributed by atoms with E-state index in [0.717, 1.165) is 48.1 Å². The molecule has 7 nitrogen and oxygen atoms in total. The molecule has 3 aromatic rings. The lowest BCUT2D eigenvalue weighted by molar-refractivity contribution is -0.136. The van der Waals surface area contributed by atoms with Crippen molar-refractivity contribution < 1.29 is 19.4 Å². The highest BCUT2D eigenvalue weighted by molar-refractivity contribution is 6.30. The SMILES string of the molecule is CC(C)(C)C1CCC(N2C(=Nc3ccc(-c4cccc(Cl)c4)cc3)OCC2c2ccc(C(=O)NCCC(=O)O)cc2)CC1. The lowest BCUT2D eigenvalue weighted by atomic mass is 9.71. The van der Waals surface area contributed by atoms with Crippen molar-refractivity contribution in [2.24, 2.45) is 16.3 Å². The summed E-state index contributed by atoms with van der Waals surface area (Å²) in [6.45, 7) is 7.57. The van der Waals surface area contributed by atoms with Crippen molar-refractivity contribution in [3.05, 3.63) is 88.9 Å². The molecular weight excluding hydrogens is 562 g/mol. The molecule has 0 spiro atoms. The zero-order chi connectivity index (χ0) is 30.6. The van der Waals surface area contributed by atoms with Crippen molar-refractivity contribution in [1.82, 2.24) is 10.2 Å². The Hall–Kier alpha value is -3.84. The van der Waals surface area contributed by atoms with E-state index in [-0.39, 0.29) is 30.3 Å². The van der Waals surface area contributed by atoms with Crippen LogP contribution in [0.2, 0.25) is 5.02 Å². The first-order chi connectivity index (χ1) is 20.6. The molecule has 0 bridgehead atoms. The predicted octanol–water partition coefficient (Wildman–Crippen LogP) is 7.88. The van der Waals surface area contributed by atoms with Crippen LogP contribution in [0.3, 0.4) is 0 Å². The van der Waals surface area contributed by atoms with Crippen molar-refractivity contribution in [2.45, 2.75) is 65.0 Å². The number of hydrogen-bond acceptors (Lipinski definition) is 4. The standard InChI is InChI=1S/C35H40ClN3O4/c1-35(2,3)27-13-17-30(18-14-27)39-31(24-7-9-25(10-8-24)33(42)37-20-19-32(40)41)22-43-34(39)38-29-15-11-23(12-16-29)26-5-4-6-28(36)21-26/h4-12,15-16,21,27,30-31H,13-14,17-20,22H2,1-3H3,(H,37,42)(H,40,41). The fourth-order valence-corrected chi connectivity index (χ4v) is 6.36. The van der Waals surface area contributed by atoms with Crippen LogP contribution in [0.4, 0.5) is 5.69 Å². The summed E-state index contributed by atoms with van der Waals surface area (Å²) in [6, 6.07) is 24.4. The molecule has 5 rings (SSSR count). The maximum absolute atomic E-state index is 12.5. The summed E-state index contributed by atoms with van der Waals surface area (Å²) in [7, 11) is 0. The average Bonchev–Trinajstić information content (AvgIpc) is 3.40. The van der Waals surface area contributed by atoms with Gasteiger partial charge in [0.05, 0.1) is 18.2 Å². The molecule has 2 aliphatic rings. The van der Waals surface area contributed by atoms with Crippen molar-refractivity contribution >= 4 is 35.2 Å². The van der Waals surface area contributed by atoms with E-state index in [9.17, 15) is 9.59 Å². The zero-order valence-electron chi connectivity index (χ0n) is 25.1. The van der Waals surface area contributed by atoms with Gasteiger partial charge < -0.3 is 20.1 Å². The van der Waals surface area contributed by atoms with Crippen LogP contribution in [-0.4, -0.2) is 47.1 Å². The molecule has 1 heterocycles. The number of aliphatic carboxylic acids is 1. The van der Waals surface area contributed by atoms with E-state index in [1.54, 1.807) is 12.1 Å². The molecule has 43 heavy (non-hydrogen) atoms. The molecule has 1 saturated carbocycles. The van der Waals surface area contributed by atoms with Crippen molar-refractivity contribution in [2.75, 3.05) is 13.2 Å². The van der Waals surface area contributed by atoms with Crippen molar-refractivity contribution in [3.8, 4) is 11.1 Å². The van der Waals surface area contributed by atoms with Gasteiger partial charge in [-0.15, -0.1) is 0 Å². The summed E-state index contributed by atoms with van der Waals surface area (Å²) in [5.41, 5.74) is 4.79. The Balaban J connectivity index is 1.37. The Labute approximate surface area is 258 Å². The summed E-state index contributed by atoms with van der Waals surface area (Å²) in [5, 5.41) is 12.2. The quantitative estimate of drug-likeness (QED) is 0.274. The number of amides is 1. The molecule has 1 aliphatic carbocycles. The van der Waals surface area contributed by atoms with Gasteiger partial charge in [-0.2, -0.15) is 4.99 Å². The molecule has 2 N–H and O–H groups in total. The summed E-state index contributed by atoms with van der Waals surface area (Å²) in [5.74, 6) is -0.539. The van der Waals surface area contributed by atoms with Gasteiger partial charge in [0.25, 0.3) is 11.9 Å². The Morgan fingerprint density at radius 3 is 2.30 bits per heavy atom. The highest BCUT2D eigenvalue weighted by atomic mass is 35.5. The van der Waals surface area contributed by atoms with Crippen LogP contribution >= 0.6 is 11.6 Å². The van der Waals surface area contributed by atoms with E-state index in [2.05, 4.69) is 43.1 Å². The third kappa shape index (κ3) is 7.57. The number of aliphatic imine (C=N–C) groups is 1. The first-order valence-electron chi connectivity index (χ1n) is 15.0. The second kappa shape index (κ2) is 13.2. The van der Waals surface area contributed by atoms with E-state index in [0.29, 0.717) is 35.2 Å². The number of ether oxygens (including phenoxy) is 1. The molecule has 0 radical (unpaired) electrons. The Morgan fingerprint density at radius 1 is 0.977 bits per heavy atom. The minimum atomic E-state index is -0.942. The van der Waals surface area contributed by atoms with Gasteiger partial charge in [-0.05, 0) is 90.1 Å². The van der Waals surface area contributed by atoms with Gasteiger partial charge in [-0.25, -0.2) is 0 Å². The predicted molar refractivity (Wildman–Crippen MR) is 171 cm³/mol. The average molecular weight is 602 g/mol. The molecule has 1 unspecified atom stereocenters. The Morgan fingerprint density at radius 2 is 1.67 bits per heavy atom. The van der Waals surface area contributed by atoms with Crippen LogP contribution in [-0.2, 0) is 9.53 Å². The smallest absolute Gasteiger partial charge is 0.305 e. The first-order valence-corrected chi connectivity index (χ1v) is 15.4. The lowest BCUT2D eigenvalue weighted by Crippen LogP contribution is -2.42. The fraction of sp³-hybridized carbons (Fsp3) is 0.400. The van der Waals surface area contributed by atoms with Crippen LogP contribution in [0, 0.1) is 11.3 Å². The third-order valence-electron chi connectivity index (χ3n) is 8.67. The van der Waals surface area contributed by atoms with Gasteiger partial charge in [0, 0.05) is 23.2 Å². The van der Waals surface area contributed by atoms with E-state index >= 15 is 0 Å². The summed E-state index contributed by atoms with van der Waals surface area (Å²) < 4.78 is 6.29. The molecule has 0 aromatic heterocycles. The maximum atomic E-state index is 12.5. The highest BCUT2D eigenvalue weighted by Crippen LogP contribution is 2.42. The third-order valence-corrected chi connectivity index (χ3v) is 8.91. The number of carbonyl (C=O) groups excluding carboxylic acids is 1. The normalized spacial score (nSPS) is 21.4. The summed E-state index contributed by atoms with van der Waals surface area (Å²) in [4.78, 5) is 30.6. The van der Waals surface area contributed by atoms with Crippen LogP contribution in [0.5, 0.6) is 0 Å². The van der Waals surface area contributed by atoms with E-state index in [1.807, 2.05) is 48.5 Å². The Kier molecular flexibility index (Phi) is 9.40. The molecule has 3 aromatic carbocycles. The van der Waals surface area contributed by atoms with E-state index < -0.39 is 5.97 Å². The minimum Gasteiger partial charge on any atom is -0.481 e. The number of nitrogens with one attached hydrogen (secondary N) is 1. The summed E-state index contributed by atoms with van der Waals surface area (Å²) in [6.07, 6.45) is 4.35. The number of amidine groups is 1. The number of benzene rings is 3. The van der Waals surface area contributed by atoms with Crippen LogP contribution in [0.15, 0.2) is 77.8 Å². The van der Waals surface area contributed by atoms with Crippen LogP contribution in [0.25, 0.3) is 11.1 Å². The number of halogens is 1. The molecule has 226 valence electrons. The minimum absolute atomic E-state index is 0.0233. The van der Waals surface area contributed by atoms with Gasteiger partial charge in [-0.1, -0.05) is 68.8 Å². The van der Waals surface area contributed by atoms with Crippen molar-refractivity contribution in [1.29, 1.82) is 0 Å². The molecule has 1 atom stereocenters. The van der Waals surface area contributed by atoms with Gasteiger partial charge in [0.15, 0.2) is 0 Å². The molecular formula is C35H40ClN3O4.